The molecule has 34 heavy (non-hydrogen) atoms. The van der Waals surface area contributed by atoms with Crippen molar-refractivity contribution in [2.75, 3.05) is 23.3 Å². The first-order chi connectivity index (χ1) is 16.6. The van der Waals surface area contributed by atoms with Gasteiger partial charge in [-0.15, -0.1) is 23.1 Å². The Balaban J connectivity index is 1.30. The van der Waals surface area contributed by atoms with Crippen LogP contribution in [0.5, 0.6) is 0 Å². The second-order valence-electron chi connectivity index (χ2n) is 8.29. The molecule has 2 aromatic carbocycles. The maximum Gasteiger partial charge on any atom is 0.291 e. The van der Waals surface area contributed by atoms with Crippen LogP contribution in [-0.2, 0) is 10.5 Å². The standard InChI is InChI=1S/C26H25N3O3S2/c27-25(30)17-11-13-29(14-12-17)19-9-7-18(8-10-19)28-26(31)24-21(16-34-23-6-3-15-33-23)20-4-1-2-5-22(20)32-24/h1-10,15,17H,11-14,16H2,(H2,27,30)(H,28,31). The van der Waals surface area contributed by atoms with Crippen LogP contribution in [0, 0.1) is 5.92 Å². The van der Waals surface area contributed by atoms with E-state index in [4.69, 9.17) is 10.2 Å². The van der Waals surface area contributed by atoms with Crippen molar-refractivity contribution >= 4 is 57.3 Å². The summed E-state index contributed by atoms with van der Waals surface area (Å²) >= 11 is 3.39. The van der Waals surface area contributed by atoms with Crippen molar-refractivity contribution in [3.63, 3.8) is 0 Å². The summed E-state index contributed by atoms with van der Waals surface area (Å²) in [6, 6.07) is 19.6. The molecule has 0 spiro atoms. The lowest BCUT2D eigenvalue weighted by molar-refractivity contribution is -0.122. The van der Waals surface area contributed by atoms with Gasteiger partial charge < -0.3 is 20.4 Å². The molecule has 0 aliphatic carbocycles. The van der Waals surface area contributed by atoms with Gasteiger partial charge in [-0.2, -0.15) is 0 Å². The Bertz CT molecular complexity index is 1290. The van der Waals surface area contributed by atoms with Crippen LogP contribution in [0.2, 0.25) is 0 Å². The van der Waals surface area contributed by atoms with E-state index in [-0.39, 0.29) is 17.7 Å². The second-order valence-corrected chi connectivity index (χ2v) is 10.5. The number of nitrogens with one attached hydrogen (secondary N) is 1. The van der Waals surface area contributed by atoms with Crippen LogP contribution in [0.25, 0.3) is 11.0 Å². The van der Waals surface area contributed by atoms with E-state index in [0.717, 1.165) is 42.6 Å². The molecule has 0 unspecified atom stereocenters. The van der Waals surface area contributed by atoms with Crippen LogP contribution >= 0.6 is 23.1 Å². The SMILES string of the molecule is NC(=O)C1CCN(c2ccc(NC(=O)c3oc4ccccc4c3CSc3cccs3)cc2)CC1. The van der Waals surface area contributed by atoms with E-state index in [2.05, 4.69) is 16.3 Å². The van der Waals surface area contributed by atoms with Crippen molar-refractivity contribution in [2.45, 2.75) is 22.8 Å². The van der Waals surface area contributed by atoms with Crippen molar-refractivity contribution < 1.29 is 14.0 Å². The third-order valence-electron chi connectivity index (χ3n) is 6.15. The third kappa shape index (κ3) is 4.83. The lowest BCUT2D eigenvalue weighted by Crippen LogP contribution is -2.38. The number of primary amides is 1. The van der Waals surface area contributed by atoms with Gasteiger partial charge in [0.1, 0.15) is 5.58 Å². The average molecular weight is 492 g/mol. The Labute approximate surface area is 206 Å². The van der Waals surface area contributed by atoms with Crippen LogP contribution < -0.4 is 16.0 Å². The van der Waals surface area contributed by atoms with E-state index < -0.39 is 0 Å². The molecule has 2 amide bonds. The molecule has 1 aliphatic rings. The van der Waals surface area contributed by atoms with E-state index in [9.17, 15) is 9.59 Å². The van der Waals surface area contributed by atoms with Gasteiger partial charge in [0, 0.05) is 47.1 Å². The number of para-hydroxylation sites is 1. The first-order valence-corrected chi connectivity index (χ1v) is 13.1. The van der Waals surface area contributed by atoms with Crippen molar-refractivity contribution in [2.24, 2.45) is 11.7 Å². The number of thioether (sulfide) groups is 1. The summed E-state index contributed by atoms with van der Waals surface area (Å²) in [5, 5.41) is 6.00. The van der Waals surface area contributed by atoms with Crippen LogP contribution in [0.3, 0.4) is 0 Å². The Morgan fingerprint density at radius 2 is 1.82 bits per heavy atom. The Kier molecular flexibility index (Phi) is 6.60. The third-order valence-corrected chi connectivity index (χ3v) is 8.30. The molecule has 0 saturated carbocycles. The smallest absolute Gasteiger partial charge is 0.291 e. The number of piperidine rings is 1. The predicted octanol–water partition coefficient (Wildman–Crippen LogP) is 5.74. The molecule has 1 fully saturated rings. The highest BCUT2D eigenvalue weighted by Crippen LogP contribution is 2.34. The molecule has 4 aromatic rings. The number of nitrogens with two attached hydrogens (primary N) is 1. The van der Waals surface area contributed by atoms with Gasteiger partial charge in [-0.3, -0.25) is 9.59 Å². The van der Waals surface area contributed by atoms with E-state index in [0.29, 0.717) is 22.8 Å². The number of hydrogen-bond donors (Lipinski definition) is 2. The molecule has 0 bridgehead atoms. The number of amides is 2. The molecule has 2 aromatic heterocycles. The van der Waals surface area contributed by atoms with Crippen LogP contribution in [0.15, 0.2) is 74.7 Å². The Morgan fingerprint density at radius 1 is 1.06 bits per heavy atom. The van der Waals surface area contributed by atoms with Crippen LogP contribution in [-0.4, -0.2) is 24.9 Å². The second kappa shape index (κ2) is 9.95. The lowest BCUT2D eigenvalue weighted by atomic mass is 9.96. The van der Waals surface area contributed by atoms with Gasteiger partial charge in [0.2, 0.25) is 5.91 Å². The van der Waals surface area contributed by atoms with E-state index >= 15 is 0 Å². The van der Waals surface area contributed by atoms with Crippen LogP contribution in [0.1, 0.15) is 29.0 Å². The van der Waals surface area contributed by atoms with Gasteiger partial charge in [0.05, 0.1) is 4.21 Å². The molecular formula is C26H25N3O3S2. The minimum Gasteiger partial charge on any atom is -0.451 e. The topological polar surface area (TPSA) is 88.6 Å². The summed E-state index contributed by atoms with van der Waals surface area (Å²) in [6.07, 6.45) is 1.54. The number of hydrogen-bond acceptors (Lipinski definition) is 6. The monoisotopic (exact) mass is 491 g/mol. The van der Waals surface area contributed by atoms with E-state index in [1.807, 2.05) is 60.0 Å². The molecule has 0 radical (unpaired) electrons. The highest BCUT2D eigenvalue weighted by molar-refractivity contribution is 8.00. The van der Waals surface area contributed by atoms with E-state index in [1.165, 1.54) is 4.21 Å². The minimum atomic E-state index is -0.256. The zero-order valence-corrected chi connectivity index (χ0v) is 20.2. The van der Waals surface area contributed by atoms with Gasteiger partial charge in [-0.1, -0.05) is 24.3 Å². The van der Waals surface area contributed by atoms with E-state index in [1.54, 1.807) is 23.1 Å². The zero-order valence-electron chi connectivity index (χ0n) is 18.5. The molecule has 3 N–H and O–H groups in total. The van der Waals surface area contributed by atoms with Crippen LogP contribution in [0.4, 0.5) is 11.4 Å². The number of furan rings is 1. The summed E-state index contributed by atoms with van der Waals surface area (Å²) in [6.45, 7) is 1.59. The van der Waals surface area contributed by atoms with Gasteiger partial charge in [-0.25, -0.2) is 0 Å². The maximum absolute atomic E-state index is 13.2. The molecule has 8 heteroatoms. The van der Waals surface area contributed by atoms with Crippen molar-refractivity contribution in [3.05, 3.63) is 77.4 Å². The number of benzene rings is 2. The maximum atomic E-state index is 13.2. The normalized spacial score (nSPS) is 14.4. The molecular weight excluding hydrogens is 466 g/mol. The number of fused-ring (bicyclic) bond motifs is 1. The van der Waals surface area contributed by atoms with Crippen molar-refractivity contribution in [1.82, 2.24) is 0 Å². The first kappa shape index (κ1) is 22.6. The number of rotatable bonds is 7. The fourth-order valence-electron chi connectivity index (χ4n) is 4.28. The minimum absolute atomic E-state index is 0.0363. The number of anilines is 2. The van der Waals surface area contributed by atoms with Crippen molar-refractivity contribution in [1.29, 1.82) is 0 Å². The van der Waals surface area contributed by atoms with Crippen molar-refractivity contribution in [3.8, 4) is 0 Å². The largest absolute Gasteiger partial charge is 0.451 e. The molecule has 1 aliphatic heterocycles. The predicted molar refractivity (Wildman–Crippen MR) is 139 cm³/mol. The summed E-state index contributed by atoms with van der Waals surface area (Å²) in [7, 11) is 0. The summed E-state index contributed by atoms with van der Waals surface area (Å²) < 4.78 is 7.18. The summed E-state index contributed by atoms with van der Waals surface area (Å²) in [5.74, 6) is 0.499. The number of carbonyl (C=O) groups excluding carboxylic acids is 2. The molecule has 6 nitrogen and oxygen atoms in total. The Hall–Kier alpha value is -3.23. The summed E-state index contributed by atoms with van der Waals surface area (Å²) in [5.41, 5.74) is 8.83. The van der Waals surface area contributed by atoms with Gasteiger partial charge in [-0.05, 0) is 54.6 Å². The fourth-order valence-corrected chi connectivity index (χ4v) is 6.09. The molecule has 174 valence electrons. The number of nitrogens with zero attached hydrogens (tertiary/aromatic N) is 1. The molecule has 1 saturated heterocycles. The molecule has 3 heterocycles. The first-order valence-electron chi connectivity index (χ1n) is 11.2. The average Bonchev–Trinajstić information content (AvgIpc) is 3.51. The summed E-state index contributed by atoms with van der Waals surface area (Å²) in [4.78, 5) is 26.8. The number of carbonyl (C=O) groups is 2. The van der Waals surface area contributed by atoms with Gasteiger partial charge in [0.25, 0.3) is 5.91 Å². The Morgan fingerprint density at radius 3 is 2.53 bits per heavy atom. The highest BCUT2D eigenvalue weighted by atomic mass is 32.2. The molecule has 5 rings (SSSR count). The fraction of sp³-hybridized carbons (Fsp3) is 0.231. The van der Waals surface area contributed by atoms with Gasteiger partial charge >= 0.3 is 0 Å². The highest BCUT2D eigenvalue weighted by Gasteiger charge is 2.24. The number of thiophene rings is 1. The lowest BCUT2D eigenvalue weighted by Gasteiger charge is -2.32. The molecule has 0 atom stereocenters. The quantitative estimate of drug-likeness (QED) is 0.322. The van der Waals surface area contributed by atoms with Gasteiger partial charge in [0.15, 0.2) is 5.76 Å². The zero-order chi connectivity index (χ0) is 23.5.